The molecule has 1 heterocycles. The first-order valence-electron chi connectivity index (χ1n) is 9.26. The average Bonchev–Trinajstić information content (AvgIpc) is 3.43. The second-order valence-electron chi connectivity index (χ2n) is 7.31. The van der Waals surface area contributed by atoms with E-state index >= 15 is 0 Å². The normalized spacial score (nSPS) is 21.6. The Morgan fingerprint density at radius 1 is 1.07 bits per heavy atom. The number of rotatable bonds is 3. The van der Waals surface area contributed by atoms with Gasteiger partial charge in [0.25, 0.3) is 0 Å². The second kappa shape index (κ2) is 7.04. The van der Waals surface area contributed by atoms with Gasteiger partial charge in [0.2, 0.25) is 5.91 Å². The van der Waals surface area contributed by atoms with Crippen LogP contribution < -0.4 is 4.74 Å². The largest absolute Gasteiger partial charge is 0.573 e. The first-order valence-corrected chi connectivity index (χ1v) is 9.26. The maximum atomic E-state index is 12.9. The Morgan fingerprint density at radius 3 is 2.54 bits per heavy atom. The Labute approximate surface area is 160 Å². The van der Waals surface area contributed by atoms with Gasteiger partial charge in [-0.2, -0.15) is 0 Å². The summed E-state index contributed by atoms with van der Waals surface area (Å²) in [6.07, 6.45) is -2.87. The zero-order chi connectivity index (χ0) is 19.9. The molecule has 2 unspecified atom stereocenters. The number of ether oxygens (including phenoxy) is 1. The Bertz CT molecular complexity index is 897. The highest BCUT2D eigenvalue weighted by Gasteiger charge is 2.47. The molecule has 2 aromatic carbocycles. The van der Waals surface area contributed by atoms with Crippen LogP contribution in [0.5, 0.6) is 11.5 Å². The number of hydrogen-bond acceptors (Lipinski definition) is 3. The summed E-state index contributed by atoms with van der Waals surface area (Å²) >= 11 is 0. The smallest absolute Gasteiger partial charge is 0.508 e. The number of fused-ring (bicyclic) bond motifs is 1. The Hall–Kier alpha value is -2.70. The predicted molar refractivity (Wildman–Crippen MR) is 96.1 cm³/mol. The number of phenolic OH excluding ortho intramolecular Hbond substituents is 1. The molecule has 1 N–H and O–H groups in total. The third kappa shape index (κ3) is 3.93. The number of benzene rings is 2. The number of nitrogens with zero attached hydrogens (tertiary/aromatic N) is 1. The number of para-hydroxylation sites is 1. The van der Waals surface area contributed by atoms with Crippen molar-refractivity contribution < 1.29 is 27.8 Å². The van der Waals surface area contributed by atoms with Crippen LogP contribution in [-0.4, -0.2) is 35.4 Å². The Kier molecular flexibility index (Phi) is 4.69. The number of halogens is 3. The molecule has 1 fully saturated rings. The van der Waals surface area contributed by atoms with Gasteiger partial charge in [-0.15, -0.1) is 13.2 Å². The molecule has 0 spiro atoms. The van der Waals surface area contributed by atoms with Crippen LogP contribution in [0.15, 0.2) is 42.5 Å². The van der Waals surface area contributed by atoms with Crippen molar-refractivity contribution in [2.24, 2.45) is 5.92 Å². The van der Waals surface area contributed by atoms with Crippen LogP contribution in [0, 0.1) is 5.92 Å². The van der Waals surface area contributed by atoms with E-state index in [1.54, 1.807) is 29.2 Å². The lowest BCUT2D eigenvalue weighted by Gasteiger charge is -2.20. The van der Waals surface area contributed by atoms with Gasteiger partial charge in [-0.1, -0.05) is 24.3 Å². The van der Waals surface area contributed by atoms with E-state index in [4.69, 9.17) is 0 Å². The quantitative estimate of drug-likeness (QED) is 0.860. The van der Waals surface area contributed by atoms with Crippen molar-refractivity contribution in [1.82, 2.24) is 4.90 Å². The minimum absolute atomic E-state index is 0.0242. The van der Waals surface area contributed by atoms with Crippen molar-refractivity contribution in [1.29, 1.82) is 0 Å². The molecule has 2 aliphatic rings. The van der Waals surface area contributed by atoms with Crippen molar-refractivity contribution in [2.75, 3.05) is 13.1 Å². The van der Waals surface area contributed by atoms with Crippen LogP contribution in [0.4, 0.5) is 13.2 Å². The lowest BCUT2D eigenvalue weighted by Crippen LogP contribution is -2.34. The SMILES string of the molecule is O=C(C1CC1c1ccccc1OC(F)(F)F)N1CCc2ccc(O)cc2CC1. The molecule has 2 atom stereocenters. The fraction of sp³-hybridized carbons (Fsp3) is 0.381. The highest BCUT2D eigenvalue weighted by atomic mass is 19.4. The standard InChI is InChI=1S/C21H20F3NO3/c22-21(23,24)28-19-4-2-1-3-16(19)17-12-18(17)20(27)25-9-7-13-5-6-15(26)11-14(13)8-10-25/h1-6,11,17-18,26H,7-10,12H2. The molecule has 4 nitrogen and oxygen atoms in total. The fourth-order valence-corrected chi connectivity index (χ4v) is 3.98. The Morgan fingerprint density at radius 2 is 1.79 bits per heavy atom. The molecule has 2 aromatic rings. The number of hydrogen-bond donors (Lipinski definition) is 1. The molecule has 0 bridgehead atoms. The van der Waals surface area contributed by atoms with E-state index in [9.17, 15) is 23.1 Å². The maximum absolute atomic E-state index is 12.9. The highest BCUT2D eigenvalue weighted by Crippen LogP contribution is 2.51. The third-order valence-electron chi connectivity index (χ3n) is 5.46. The number of carbonyl (C=O) groups is 1. The molecule has 28 heavy (non-hydrogen) atoms. The molecule has 0 aromatic heterocycles. The van der Waals surface area contributed by atoms with E-state index in [1.165, 1.54) is 12.1 Å². The molecule has 1 saturated carbocycles. The van der Waals surface area contributed by atoms with E-state index in [2.05, 4.69) is 4.74 Å². The zero-order valence-electron chi connectivity index (χ0n) is 15.1. The number of carbonyl (C=O) groups excluding carboxylic acids is 1. The minimum atomic E-state index is -4.76. The molecule has 0 saturated heterocycles. The summed E-state index contributed by atoms with van der Waals surface area (Å²) in [6, 6.07) is 11.3. The molecule has 7 heteroatoms. The summed E-state index contributed by atoms with van der Waals surface area (Å²) in [7, 11) is 0. The molecule has 1 aliphatic carbocycles. The van der Waals surface area contributed by atoms with E-state index in [-0.39, 0.29) is 29.2 Å². The van der Waals surface area contributed by atoms with Crippen LogP contribution in [0.25, 0.3) is 0 Å². The predicted octanol–water partition coefficient (Wildman–Crippen LogP) is 4.02. The Balaban J connectivity index is 1.44. The topological polar surface area (TPSA) is 49.8 Å². The molecular formula is C21H20F3NO3. The van der Waals surface area contributed by atoms with E-state index in [0.717, 1.165) is 11.1 Å². The van der Waals surface area contributed by atoms with Gasteiger partial charge >= 0.3 is 6.36 Å². The summed E-state index contributed by atoms with van der Waals surface area (Å²) in [5.41, 5.74) is 2.58. The van der Waals surface area contributed by atoms with Crippen molar-refractivity contribution in [3.63, 3.8) is 0 Å². The first kappa shape index (κ1) is 18.7. The van der Waals surface area contributed by atoms with Crippen molar-refractivity contribution in [2.45, 2.75) is 31.5 Å². The van der Waals surface area contributed by atoms with E-state index in [0.29, 0.717) is 37.9 Å². The summed E-state index contributed by atoms with van der Waals surface area (Å²) < 4.78 is 42.1. The van der Waals surface area contributed by atoms with Gasteiger partial charge in [0.1, 0.15) is 11.5 Å². The van der Waals surface area contributed by atoms with Crippen molar-refractivity contribution >= 4 is 5.91 Å². The molecule has 1 amide bonds. The van der Waals surface area contributed by atoms with Gasteiger partial charge in [-0.25, -0.2) is 0 Å². The monoisotopic (exact) mass is 391 g/mol. The second-order valence-corrected chi connectivity index (χ2v) is 7.31. The van der Waals surface area contributed by atoms with Crippen molar-refractivity contribution in [3.05, 3.63) is 59.2 Å². The van der Waals surface area contributed by atoms with Crippen LogP contribution in [0.2, 0.25) is 0 Å². The van der Waals surface area contributed by atoms with Gasteiger partial charge in [-0.05, 0) is 60.1 Å². The highest BCUT2D eigenvalue weighted by molar-refractivity contribution is 5.83. The molecular weight excluding hydrogens is 371 g/mol. The lowest BCUT2D eigenvalue weighted by atomic mass is 10.0. The third-order valence-corrected chi connectivity index (χ3v) is 5.46. The van der Waals surface area contributed by atoms with Crippen LogP contribution >= 0.6 is 0 Å². The molecule has 4 rings (SSSR count). The van der Waals surface area contributed by atoms with Gasteiger partial charge < -0.3 is 14.7 Å². The minimum Gasteiger partial charge on any atom is -0.508 e. The lowest BCUT2D eigenvalue weighted by molar-refractivity contribution is -0.274. The number of amides is 1. The fourth-order valence-electron chi connectivity index (χ4n) is 3.98. The molecule has 148 valence electrons. The zero-order valence-corrected chi connectivity index (χ0v) is 15.1. The number of phenols is 1. The summed E-state index contributed by atoms with van der Waals surface area (Å²) in [5, 5.41) is 9.65. The van der Waals surface area contributed by atoms with Gasteiger partial charge in [-0.3, -0.25) is 4.79 Å². The van der Waals surface area contributed by atoms with Gasteiger partial charge in [0, 0.05) is 19.0 Å². The summed E-state index contributed by atoms with van der Waals surface area (Å²) in [6.45, 7) is 1.11. The number of alkyl halides is 3. The van der Waals surface area contributed by atoms with E-state index in [1.807, 2.05) is 6.07 Å². The van der Waals surface area contributed by atoms with Crippen LogP contribution in [0.1, 0.15) is 29.0 Å². The summed E-state index contributed by atoms with van der Waals surface area (Å²) in [4.78, 5) is 14.7. The number of aromatic hydroxyl groups is 1. The molecule has 0 radical (unpaired) electrons. The van der Waals surface area contributed by atoms with Gasteiger partial charge in [0.05, 0.1) is 0 Å². The van der Waals surface area contributed by atoms with Gasteiger partial charge in [0.15, 0.2) is 0 Å². The van der Waals surface area contributed by atoms with Crippen LogP contribution in [-0.2, 0) is 17.6 Å². The summed E-state index contributed by atoms with van der Waals surface area (Å²) in [5.74, 6) is -0.603. The van der Waals surface area contributed by atoms with E-state index < -0.39 is 6.36 Å². The van der Waals surface area contributed by atoms with Crippen LogP contribution in [0.3, 0.4) is 0 Å². The average molecular weight is 391 g/mol. The first-order chi connectivity index (χ1) is 13.3. The maximum Gasteiger partial charge on any atom is 0.573 e. The van der Waals surface area contributed by atoms with Crippen molar-refractivity contribution in [3.8, 4) is 11.5 Å². The molecule has 1 aliphatic heterocycles.